The van der Waals surface area contributed by atoms with Crippen molar-refractivity contribution in [1.29, 1.82) is 0 Å². The van der Waals surface area contributed by atoms with E-state index in [0.717, 1.165) is 12.3 Å². The molecule has 0 saturated carbocycles. The van der Waals surface area contributed by atoms with Crippen molar-refractivity contribution < 1.29 is 22.9 Å². The van der Waals surface area contributed by atoms with E-state index in [2.05, 4.69) is 0 Å². The third kappa shape index (κ3) is 3.92. The minimum Gasteiger partial charge on any atom is -0.450 e. The van der Waals surface area contributed by atoms with Crippen LogP contribution in [-0.4, -0.2) is 25.4 Å². The summed E-state index contributed by atoms with van der Waals surface area (Å²) in [7, 11) is -3.56. The molecule has 0 unspecified atom stereocenters. The largest absolute Gasteiger partial charge is 0.450 e. The van der Waals surface area contributed by atoms with E-state index in [9.17, 15) is 23.3 Å². The molecule has 0 spiro atoms. The van der Waals surface area contributed by atoms with Gasteiger partial charge in [0.15, 0.2) is 15.6 Å². The van der Waals surface area contributed by atoms with Gasteiger partial charge in [0, 0.05) is 17.9 Å². The second kappa shape index (κ2) is 6.17. The molecule has 0 aliphatic carbocycles. The van der Waals surface area contributed by atoms with Crippen molar-refractivity contribution in [3.63, 3.8) is 0 Å². The first-order valence-electron chi connectivity index (χ1n) is 6.46. The number of carbonyl (C=O) groups excluding carboxylic acids is 1. The summed E-state index contributed by atoms with van der Waals surface area (Å²) in [6.45, 7) is 1.42. The minimum atomic E-state index is -3.56. The zero-order chi connectivity index (χ0) is 17.2. The molecule has 2 aromatic carbocycles. The first-order valence-corrected chi connectivity index (χ1v) is 8.35. The van der Waals surface area contributed by atoms with Crippen LogP contribution in [0.4, 0.5) is 5.69 Å². The summed E-state index contributed by atoms with van der Waals surface area (Å²) in [5.41, 5.74) is 0.0304. The number of nitrogens with zero attached hydrogens (tertiary/aromatic N) is 1. The fourth-order valence-corrected chi connectivity index (χ4v) is 2.48. The molecule has 8 heteroatoms. The maximum absolute atomic E-state index is 11.5. The molecule has 0 atom stereocenters. The first-order chi connectivity index (χ1) is 10.7. The molecular weight excluding hydrogens is 322 g/mol. The fourth-order valence-electron chi connectivity index (χ4n) is 1.84. The van der Waals surface area contributed by atoms with Crippen LogP contribution in [-0.2, 0) is 9.84 Å². The predicted octanol–water partition coefficient (Wildman–Crippen LogP) is 2.99. The smallest absolute Gasteiger partial charge is 0.312 e. The summed E-state index contributed by atoms with van der Waals surface area (Å²) in [4.78, 5) is 21.4. The van der Waals surface area contributed by atoms with Gasteiger partial charge in [-0.2, -0.15) is 0 Å². The van der Waals surface area contributed by atoms with Crippen LogP contribution in [0.15, 0.2) is 47.4 Å². The van der Waals surface area contributed by atoms with Gasteiger partial charge in [0.1, 0.15) is 5.75 Å². The van der Waals surface area contributed by atoms with Gasteiger partial charge < -0.3 is 4.74 Å². The summed E-state index contributed by atoms with van der Waals surface area (Å²) >= 11 is 0. The van der Waals surface area contributed by atoms with Crippen LogP contribution < -0.4 is 4.74 Å². The lowest BCUT2D eigenvalue weighted by Crippen LogP contribution is -2.00. The number of benzene rings is 2. The van der Waals surface area contributed by atoms with E-state index in [1.165, 1.54) is 43.3 Å². The summed E-state index contributed by atoms with van der Waals surface area (Å²) in [6, 6.07) is 9.50. The number of Topliss-reactive ketones (excluding diaryl/α,β-unsaturated/α-hetero) is 1. The molecule has 0 aliphatic heterocycles. The lowest BCUT2D eigenvalue weighted by molar-refractivity contribution is -0.385. The fraction of sp³-hybridized carbons (Fsp3) is 0.133. The number of sulfone groups is 1. The molecule has 0 aliphatic rings. The van der Waals surface area contributed by atoms with Gasteiger partial charge in [0.25, 0.3) is 0 Å². The number of nitro benzene ring substituents is 1. The Kier molecular flexibility index (Phi) is 4.46. The number of ether oxygens (including phenoxy) is 1. The van der Waals surface area contributed by atoms with Crippen LogP contribution in [0.5, 0.6) is 11.5 Å². The number of carbonyl (C=O) groups is 1. The van der Waals surface area contributed by atoms with Crippen molar-refractivity contribution in [3.05, 3.63) is 58.1 Å². The van der Waals surface area contributed by atoms with Gasteiger partial charge in [-0.1, -0.05) is 0 Å². The van der Waals surface area contributed by atoms with Gasteiger partial charge in [-0.3, -0.25) is 14.9 Å². The molecule has 0 amide bonds. The zero-order valence-electron chi connectivity index (χ0n) is 12.3. The minimum absolute atomic E-state index is 0.0852. The van der Waals surface area contributed by atoms with Crippen molar-refractivity contribution in [2.24, 2.45) is 0 Å². The SMILES string of the molecule is CC(=O)c1ccc(Oc2ccc(S(C)(=O)=O)cc2[N+](=O)[O-])cc1. The molecule has 2 aromatic rings. The summed E-state index contributed by atoms with van der Waals surface area (Å²) < 4.78 is 28.4. The van der Waals surface area contributed by atoms with Gasteiger partial charge in [0.2, 0.25) is 5.75 Å². The molecule has 7 nitrogen and oxygen atoms in total. The summed E-state index contributed by atoms with van der Waals surface area (Å²) in [6.07, 6.45) is 0.965. The summed E-state index contributed by atoms with van der Waals surface area (Å²) in [5.74, 6) is 0.100. The highest BCUT2D eigenvalue weighted by molar-refractivity contribution is 7.90. The predicted molar refractivity (Wildman–Crippen MR) is 82.7 cm³/mol. The molecule has 0 N–H and O–H groups in total. The van der Waals surface area contributed by atoms with E-state index in [1.807, 2.05) is 0 Å². The van der Waals surface area contributed by atoms with E-state index in [-0.39, 0.29) is 16.4 Å². The number of hydrogen-bond donors (Lipinski definition) is 0. The van der Waals surface area contributed by atoms with Crippen molar-refractivity contribution >= 4 is 21.3 Å². The van der Waals surface area contributed by atoms with Crippen LogP contribution in [0.1, 0.15) is 17.3 Å². The molecule has 2 rings (SSSR count). The van der Waals surface area contributed by atoms with E-state index < -0.39 is 20.4 Å². The highest BCUT2D eigenvalue weighted by Gasteiger charge is 2.20. The third-order valence-corrected chi connectivity index (χ3v) is 4.15. The van der Waals surface area contributed by atoms with Gasteiger partial charge in [-0.25, -0.2) is 8.42 Å². The molecule has 120 valence electrons. The third-order valence-electron chi connectivity index (χ3n) is 3.04. The Morgan fingerprint density at radius 1 is 1.13 bits per heavy atom. The molecule has 0 aromatic heterocycles. The number of hydrogen-bond acceptors (Lipinski definition) is 6. The molecule has 0 fully saturated rings. The standard InChI is InChI=1S/C15H13NO6S/c1-10(17)11-3-5-12(6-4-11)22-15-8-7-13(23(2,20)21)9-14(15)16(18)19/h3-9H,1-2H3. The Labute approximate surface area is 132 Å². The van der Waals surface area contributed by atoms with Crippen LogP contribution >= 0.6 is 0 Å². The highest BCUT2D eigenvalue weighted by atomic mass is 32.2. The van der Waals surface area contributed by atoms with Crippen LogP contribution in [0.3, 0.4) is 0 Å². The van der Waals surface area contributed by atoms with Crippen molar-refractivity contribution in [2.75, 3.05) is 6.26 Å². The van der Waals surface area contributed by atoms with Crippen LogP contribution in [0.25, 0.3) is 0 Å². The highest BCUT2D eigenvalue weighted by Crippen LogP contribution is 2.33. The van der Waals surface area contributed by atoms with Crippen LogP contribution in [0.2, 0.25) is 0 Å². The number of rotatable bonds is 5. The van der Waals surface area contributed by atoms with Gasteiger partial charge in [-0.15, -0.1) is 0 Å². The Bertz CT molecular complexity index is 871. The van der Waals surface area contributed by atoms with E-state index in [4.69, 9.17) is 4.74 Å². The van der Waals surface area contributed by atoms with Crippen molar-refractivity contribution in [2.45, 2.75) is 11.8 Å². The lowest BCUT2D eigenvalue weighted by Gasteiger charge is -2.08. The topological polar surface area (TPSA) is 104 Å². The average molecular weight is 335 g/mol. The first kappa shape index (κ1) is 16.6. The van der Waals surface area contributed by atoms with Gasteiger partial charge in [-0.05, 0) is 43.3 Å². The lowest BCUT2D eigenvalue weighted by atomic mass is 10.1. The Morgan fingerprint density at radius 3 is 2.22 bits per heavy atom. The Morgan fingerprint density at radius 2 is 1.74 bits per heavy atom. The monoisotopic (exact) mass is 335 g/mol. The maximum atomic E-state index is 11.5. The van der Waals surface area contributed by atoms with Crippen LogP contribution in [0, 0.1) is 10.1 Å². The van der Waals surface area contributed by atoms with E-state index in [0.29, 0.717) is 11.3 Å². The molecule has 23 heavy (non-hydrogen) atoms. The van der Waals surface area contributed by atoms with Gasteiger partial charge in [0.05, 0.1) is 9.82 Å². The number of ketones is 1. The Hall–Kier alpha value is -2.74. The zero-order valence-corrected chi connectivity index (χ0v) is 13.2. The maximum Gasteiger partial charge on any atom is 0.312 e. The second-order valence-electron chi connectivity index (χ2n) is 4.84. The molecule has 0 saturated heterocycles. The number of nitro groups is 1. The summed E-state index contributed by atoms with van der Waals surface area (Å²) in [5, 5.41) is 11.1. The molecule has 0 heterocycles. The van der Waals surface area contributed by atoms with Crippen molar-refractivity contribution in [3.8, 4) is 11.5 Å². The normalized spacial score (nSPS) is 11.0. The van der Waals surface area contributed by atoms with Crippen molar-refractivity contribution in [1.82, 2.24) is 0 Å². The second-order valence-corrected chi connectivity index (χ2v) is 6.86. The molecular formula is C15H13NO6S. The average Bonchev–Trinajstić information content (AvgIpc) is 2.46. The van der Waals surface area contributed by atoms with Gasteiger partial charge >= 0.3 is 5.69 Å². The molecule has 0 radical (unpaired) electrons. The quantitative estimate of drug-likeness (QED) is 0.472. The van der Waals surface area contributed by atoms with E-state index in [1.54, 1.807) is 0 Å². The Balaban J connectivity index is 2.39. The van der Waals surface area contributed by atoms with E-state index >= 15 is 0 Å². The molecule has 0 bridgehead atoms.